The van der Waals surface area contributed by atoms with Crippen LogP contribution in [-0.4, -0.2) is 261 Å². The van der Waals surface area contributed by atoms with Gasteiger partial charge in [0.15, 0.2) is 34.2 Å². The first-order valence-corrected chi connectivity index (χ1v) is 44.2. The Labute approximate surface area is 800 Å². The van der Waals surface area contributed by atoms with Crippen molar-refractivity contribution in [2.24, 2.45) is 0 Å². The monoisotopic (exact) mass is 1940 g/mol. The highest BCUT2D eigenvalue weighted by Gasteiger charge is 2.42. The molecule has 0 unspecified atom stereocenters. The summed E-state index contributed by atoms with van der Waals surface area (Å²) < 4.78 is 51.0. The lowest BCUT2D eigenvalue weighted by Crippen LogP contribution is -2.27. The maximum absolute atomic E-state index is 13.3. The Bertz CT molecular complexity index is 7860. The van der Waals surface area contributed by atoms with E-state index in [2.05, 4.69) is 139 Å². The third-order valence-corrected chi connectivity index (χ3v) is 22.4. The minimum absolute atomic E-state index is 0.151. The first-order chi connectivity index (χ1) is 68.2. The lowest BCUT2D eigenvalue weighted by molar-refractivity contribution is 0.0737. The van der Waals surface area contributed by atoms with Gasteiger partial charge in [0.25, 0.3) is 57.7 Å². The zero-order valence-electron chi connectivity index (χ0n) is 77.7. The van der Waals surface area contributed by atoms with E-state index in [1.807, 2.05) is 0 Å². The molecule has 728 valence electrons. The van der Waals surface area contributed by atoms with Gasteiger partial charge in [-0.3, -0.25) is 66.2 Å². The molecule has 16 aromatic rings. The van der Waals surface area contributed by atoms with Crippen molar-refractivity contribution in [1.29, 1.82) is 0 Å². The van der Waals surface area contributed by atoms with Gasteiger partial charge in [-0.2, -0.15) is 38.5 Å². The molecule has 6 atom stereocenters. The van der Waals surface area contributed by atoms with E-state index in [4.69, 9.17) is 0 Å². The molecule has 6 amide bonds. The standard InChI is InChI=1S/C24H25FN8O3.C23H23FN10O3.C23H24N10O3.C21H20FN9O2/c1-24(2,36)17-7-4-8-19(30-17)32-9-5-6-15(23(32)35)28-18-11-20(26-3)33-21(31-18)13(12-27-33)22(34)29-16-10-14(16)25;1-25-18-8-17(31-20-12(9-28-34(18)20)21(35)30-15-7-13(15)24)29-14-5-4-6-33(23(14)37)19-11-26-16(10-27-19)22(36)32(2)3;1-24-18-9-17(30-20-14(10-27-33(18)20)21(34)28-13-6-7-13)29-15-5-4-8-32(23(15)36)19-12-25-16(11-26-19)22(35)31(2)3;1-11-24-6-5-17(26-11)30-7-3-4-14(21(30)33)27-16-9-18(23-2)31-19(29-16)12(10-25-31)20(32)28-15-8-13(15)22/h4-9,11-12,14,16,26,36H,10H2,1-3H3,(H,28,31)(H,29,34);4-6,8-11,13,15,25H,7H2,1-3H3,(H,29,31)(H,30,35);4-5,8-13,24H,6-7H2,1-3H3,(H,28,34)(H,29,30);3-7,9-10,13,15,23H,8H2,1-2H3,(H,27,29)(H,28,32)/t14-,16+;13-,15+;;13-,15+/m11.1/s1. The van der Waals surface area contributed by atoms with E-state index in [0.717, 1.165) is 12.8 Å². The van der Waals surface area contributed by atoms with Crippen LogP contribution in [0.3, 0.4) is 0 Å². The number of pyridine rings is 5. The van der Waals surface area contributed by atoms with Crippen molar-refractivity contribution in [3.8, 4) is 23.3 Å². The number of halogens is 3. The summed E-state index contributed by atoms with van der Waals surface area (Å²) in [6, 6.07) is 25.1. The second-order valence-corrected chi connectivity index (χ2v) is 33.7. The van der Waals surface area contributed by atoms with E-state index in [-0.39, 0.29) is 127 Å². The number of alkyl halides is 3. The van der Waals surface area contributed by atoms with Crippen LogP contribution in [0.4, 0.5) is 82.5 Å². The quantitative estimate of drug-likeness (QED) is 0.0290. The van der Waals surface area contributed by atoms with Crippen molar-refractivity contribution in [1.82, 2.24) is 143 Å². The number of fused-ring (bicyclic) bond motifs is 4. The number of amides is 6. The first-order valence-electron chi connectivity index (χ1n) is 44.2. The Balaban J connectivity index is 0.000000130. The molecule has 142 heavy (non-hydrogen) atoms. The molecule has 51 heteroatoms. The van der Waals surface area contributed by atoms with Crippen LogP contribution in [0.1, 0.15) is 120 Å². The Hall–Kier alpha value is -18.4. The maximum atomic E-state index is 13.3. The predicted octanol–water partition coefficient (Wildman–Crippen LogP) is 5.78. The van der Waals surface area contributed by atoms with Crippen molar-refractivity contribution < 1.29 is 47.0 Å². The topological polar surface area (TPSA) is 572 Å². The minimum atomic E-state index is -1.17. The fraction of sp³-hybridized carbons (Fsp3) is 0.264. The van der Waals surface area contributed by atoms with Crippen LogP contribution in [-0.2, 0) is 5.60 Å². The van der Waals surface area contributed by atoms with Crippen LogP contribution >= 0.6 is 0 Å². The van der Waals surface area contributed by atoms with Gasteiger partial charge >= 0.3 is 0 Å². The summed E-state index contributed by atoms with van der Waals surface area (Å²) in [5.41, 5.74) is 0.905. The summed E-state index contributed by atoms with van der Waals surface area (Å²) in [6.07, 6.45) is 18.5. The normalized spacial score (nSPS) is 15.8. The van der Waals surface area contributed by atoms with Crippen LogP contribution in [0, 0.1) is 6.92 Å². The van der Waals surface area contributed by atoms with Gasteiger partial charge in [-0.25, -0.2) is 68.0 Å². The van der Waals surface area contributed by atoms with Crippen LogP contribution in [0.5, 0.6) is 0 Å². The van der Waals surface area contributed by atoms with Crippen molar-refractivity contribution in [2.75, 3.05) is 98.9 Å². The van der Waals surface area contributed by atoms with E-state index in [0.29, 0.717) is 87.9 Å². The third kappa shape index (κ3) is 20.7. The summed E-state index contributed by atoms with van der Waals surface area (Å²) in [6.45, 7) is 4.98. The van der Waals surface area contributed by atoms with Gasteiger partial charge in [-0.1, -0.05) is 6.07 Å². The third-order valence-electron chi connectivity index (χ3n) is 22.4. The highest BCUT2D eigenvalue weighted by atomic mass is 19.1. The number of rotatable bonds is 27. The average molecular weight is 1940 g/mol. The molecule has 0 saturated heterocycles. The van der Waals surface area contributed by atoms with E-state index in [1.54, 1.807) is 199 Å². The van der Waals surface area contributed by atoms with Gasteiger partial charge in [-0.05, 0) is 100 Å². The van der Waals surface area contributed by atoms with Crippen LogP contribution in [0.15, 0.2) is 197 Å². The molecule has 0 bridgehead atoms. The maximum Gasteiger partial charge on any atom is 0.280 e. The highest BCUT2D eigenvalue weighted by Crippen LogP contribution is 2.33. The molecule has 48 nitrogen and oxygen atoms in total. The second kappa shape index (κ2) is 39.8. The molecule has 16 heterocycles. The molecule has 0 aromatic carbocycles. The van der Waals surface area contributed by atoms with Crippen molar-refractivity contribution >= 4 is 127 Å². The van der Waals surface area contributed by atoms with Crippen molar-refractivity contribution in [2.45, 2.75) is 101 Å². The molecule has 0 aliphatic heterocycles. The second-order valence-electron chi connectivity index (χ2n) is 33.7. The van der Waals surface area contributed by atoms with Gasteiger partial charge < -0.3 is 78.7 Å². The number of hydrogen-bond donors (Lipinski definition) is 13. The summed E-state index contributed by atoms with van der Waals surface area (Å²) in [4.78, 5) is 178. The first kappa shape index (κ1) is 95.4. The number of carbonyl (C=O) groups excluding carboxylic acids is 6. The minimum Gasteiger partial charge on any atom is -0.384 e. The highest BCUT2D eigenvalue weighted by molar-refractivity contribution is 6.03. The van der Waals surface area contributed by atoms with Gasteiger partial charge in [-0.15, -0.1) is 0 Å². The molecular formula is C91H92F3N37O11. The van der Waals surface area contributed by atoms with E-state index in [1.165, 1.54) is 102 Å². The molecule has 20 rings (SSSR count). The number of anilines is 12. The SMILES string of the molecule is CNc1cc(Nc2cccn(-c3cccc(C(C)(C)O)n3)c2=O)nc2c(C(=O)N[C@H]3C[C@H]3F)cnn12.CNc1cc(Nc2cccn(-c3ccnc(C)n3)c2=O)nc2c(C(=O)N[C@H]3C[C@H]3F)cnn12.CNc1cc(Nc2cccn(-c3cnc(C(=O)N(C)C)cn3)c2=O)nc2c(C(=O)NC3CC3)cnn12.CNc1cc(Nc2cccn(-c3cnc(C(=O)N(C)C)cn3)c2=O)nc2c(C(=O)N[C@H]3C[C@H]3F)cnn12. The van der Waals surface area contributed by atoms with Crippen LogP contribution < -0.4 is 86.0 Å². The number of aliphatic hydroxyl groups is 1. The molecule has 16 aromatic heterocycles. The molecule has 13 N–H and O–H groups in total. The van der Waals surface area contributed by atoms with Gasteiger partial charge in [0.1, 0.15) is 145 Å². The van der Waals surface area contributed by atoms with Crippen molar-refractivity contribution in [3.05, 3.63) is 264 Å². The molecule has 0 radical (unpaired) electrons. The molecule has 4 aliphatic carbocycles. The zero-order valence-corrected chi connectivity index (χ0v) is 77.7. The number of aryl methyl sites for hydroxylation is 1. The lowest BCUT2D eigenvalue weighted by Gasteiger charge is -2.17. The van der Waals surface area contributed by atoms with Crippen LogP contribution in [0.2, 0.25) is 0 Å². The van der Waals surface area contributed by atoms with E-state index in [9.17, 15) is 66.2 Å². The lowest BCUT2D eigenvalue weighted by atomic mass is 10.1. The van der Waals surface area contributed by atoms with Gasteiger partial charge in [0, 0.05) is 137 Å². The summed E-state index contributed by atoms with van der Waals surface area (Å²) >= 11 is 0. The average Bonchev–Trinajstić information content (AvgIpc) is 1.44. The molecule has 0 spiro atoms. The Kier molecular flexibility index (Phi) is 26.7. The molecule has 4 fully saturated rings. The zero-order chi connectivity index (χ0) is 100. The van der Waals surface area contributed by atoms with E-state index < -0.39 is 71.1 Å². The fourth-order valence-corrected chi connectivity index (χ4v) is 14.3. The number of hydrogen-bond acceptors (Lipinski definition) is 34. The Morgan fingerprint density at radius 2 is 0.697 bits per heavy atom. The van der Waals surface area contributed by atoms with Crippen LogP contribution in [0.25, 0.3) is 45.9 Å². The Morgan fingerprint density at radius 1 is 0.387 bits per heavy atom. The van der Waals surface area contributed by atoms with Crippen molar-refractivity contribution in [3.63, 3.8) is 0 Å². The largest absolute Gasteiger partial charge is 0.384 e. The summed E-state index contributed by atoms with van der Waals surface area (Å²) in [7, 11) is 13.2. The summed E-state index contributed by atoms with van der Waals surface area (Å²) in [5, 5.41) is 62.1. The smallest absolute Gasteiger partial charge is 0.280 e. The predicted molar refractivity (Wildman–Crippen MR) is 515 cm³/mol. The number of nitrogens with zero attached hydrogens (tertiary/aromatic N) is 25. The number of nitrogens with one attached hydrogen (secondary N) is 12. The van der Waals surface area contributed by atoms with Gasteiger partial charge in [0.2, 0.25) is 0 Å². The molecular weight excluding hydrogens is 1840 g/mol. The fourth-order valence-electron chi connectivity index (χ4n) is 14.3. The van der Waals surface area contributed by atoms with E-state index >= 15 is 0 Å². The summed E-state index contributed by atoms with van der Waals surface area (Å²) in [5.74, 6) is 2.96. The molecule has 4 aliphatic rings. The number of carbonyl (C=O) groups is 6. The number of aromatic nitrogens is 23. The molecule has 4 saturated carbocycles. The van der Waals surface area contributed by atoms with Gasteiger partial charge in [0.05, 0.1) is 73.4 Å². The Morgan fingerprint density at radius 3 is 0.972 bits per heavy atom.